The van der Waals surface area contributed by atoms with Crippen LogP contribution in [-0.2, 0) is 12.0 Å². The van der Waals surface area contributed by atoms with E-state index in [1.54, 1.807) is 6.20 Å². The van der Waals surface area contributed by atoms with Crippen molar-refractivity contribution in [3.8, 4) is 11.6 Å². The van der Waals surface area contributed by atoms with Gasteiger partial charge in [0.05, 0.1) is 0 Å². The van der Waals surface area contributed by atoms with E-state index in [2.05, 4.69) is 37.9 Å². The largest absolute Gasteiger partial charge is 0.439 e. The van der Waals surface area contributed by atoms with Crippen molar-refractivity contribution < 1.29 is 4.74 Å². The van der Waals surface area contributed by atoms with Crippen LogP contribution in [0.1, 0.15) is 31.9 Å². The average molecular weight is 256 g/mol. The van der Waals surface area contributed by atoms with E-state index in [1.165, 1.54) is 5.56 Å². The molecular weight excluding hydrogens is 236 g/mol. The van der Waals surface area contributed by atoms with Crippen molar-refractivity contribution >= 4 is 0 Å². The van der Waals surface area contributed by atoms with Gasteiger partial charge in [0.15, 0.2) is 0 Å². The third-order valence-corrected chi connectivity index (χ3v) is 2.96. The summed E-state index contributed by atoms with van der Waals surface area (Å²) in [5.41, 5.74) is 7.96. The second-order valence-electron chi connectivity index (χ2n) is 5.59. The Morgan fingerprint density at radius 2 is 1.95 bits per heavy atom. The summed E-state index contributed by atoms with van der Waals surface area (Å²) < 4.78 is 5.79. The highest BCUT2D eigenvalue weighted by Crippen LogP contribution is 2.27. The lowest BCUT2D eigenvalue weighted by Crippen LogP contribution is -2.10. The van der Waals surface area contributed by atoms with E-state index in [-0.39, 0.29) is 5.41 Å². The Morgan fingerprint density at radius 3 is 2.63 bits per heavy atom. The Kier molecular flexibility index (Phi) is 3.86. The molecule has 0 amide bonds. The topological polar surface area (TPSA) is 48.1 Å². The van der Waals surface area contributed by atoms with E-state index in [4.69, 9.17) is 10.5 Å². The molecule has 1 aromatic heterocycles. The fourth-order valence-corrected chi connectivity index (χ4v) is 1.78. The van der Waals surface area contributed by atoms with E-state index in [1.807, 2.05) is 24.3 Å². The summed E-state index contributed by atoms with van der Waals surface area (Å²) in [5, 5.41) is 0. The van der Waals surface area contributed by atoms with Crippen LogP contribution in [0.5, 0.6) is 11.6 Å². The van der Waals surface area contributed by atoms with Gasteiger partial charge < -0.3 is 10.5 Å². The lowest BCUT2D eigenvalue weighted by atomic mass is 9.87. The minimum absolute atomic E-state index is 0.103. The number of rotatable bonds is 3. The molecule has 0 aliphatic rings. The third-order valence-electron chi connectivity index (χ3n) is 2.96. The molecule has 100 valence electrons. The maximum Gasteiger partial charge on any atom is 0.219 e. The van der Waals surface area contributed by atoms with Crippen LogP contribution in [0.3, 0.4) is 0 Å². The molecule has 3 nitrogen and oxygen atoms in total. The zero-order valence-electron chi connectivity index (χ0n) is 11.7. The van der Waals surface area contributed by atoms with Crippen molar-refractivity contribution in [3.63, 3.8) is 0 Å². The monoisotopic (exact) mass is 256 g/mol. The second kappa shape index (κ2) is 5.41. The molecule has 1 aromatic carbocycles. The number of ether oxygens (including phenoxy) is 1. The zero-order valence-corrected chi connectivity index (χ0v) is 11.7. The predicted molar refractivity (Wildman–Crippen MR) is 77.3 cm³/mol. The molecule has 19 heavy (non-hydrogen) atoms. The number of nitrogens with zero attached hydrogens (tertiary/aromatic N) is 1. The second-order valence-corrected chi connectivity index (χ2v) is 5.59. The number of hydrogen-bond donors (Lipinski definition) is 1. The fraction of sp³-hybridized carbons (Fsp3) is 0.312. The number of hydrogen-bond acceptors (Lipinski definition) is 3. The summed E-state index contributed by atoms with van der Waals surface area (Å²) in [5.74, 6) is 1.38. The molecule has 0 aliphatic heterocycles. The van der Waals surface area contributed by atoms with Crippen LogP contribution in [0, 0.1) is 0 Å². The first-order valence-electron chi connectivity index (χ1n) is 6.42. The maximum atomic E-state index is 5.79. The lowest BCUT2D eigenvalue weighted by Gasteiger charge is -2.19. The number of aromatic nitrogens is 1. The van der Waals surface area contributed by atoms with Gasteiger partial charge in [-0.3, -0.25) is 0 Å². The summed E-state index contributed by atoms with van der Waals surface area (Å²) in [4.78, 5) is 4.20. The number of pyridine rings is 1. The van der Waals surface area contributed by atoms with Crippen LogP contribution < -0.4 is 10.5 Å². The van der Waals surface area contributed by atoms with Gasteiger partial charge in [-0.05, 0) is 34.7 Å². The van der Waals surface area contributed by atoms with Crippen molar-refractivity contribution in [3.05, 3.63) is 53.7 Å². The fourth-order valence-electron chi connectivity index (χ4n) is 1.78. The van der Waals surface area contributed by atoms with E-state index in [9.17, 15) is 0 Å². The van der Waals surface area contributed by atoms with Crippen molar-refractivity contribution in [2.75, 3.05) is 0 Å². The summed E-state index contributed by atoms with van der Waals surface area (Å²) >= 11 is 0. The van der Waals surface area contributed by atoms with Crippen molar-refractivity contribution in [2.24, 2.45) is 5.73 Å². The quantitative estimate of drug-likeness (QED) is 0.912. The highest BCUT2D eigenvalue weighted by Gasteiger charge is 2.14. The van der Waals surface area contributed by atoms with Gasteiger partial charge in [0.25, 0.3) is 0 Å². The van der Waals surface area contributed by atoms with Crippen molar-refractivity contribution in [1.82, 2.24) is 4.98 Å². The Balaban J connectivity index is 2.23. The third kappa shape index (κ3) is 3.55. The van der Waals surface area contributed by atoms with Crippen LogP contribution in [-0.4, -0.2) is 4.98 Å². The van der Waals surface area contributed by atoms with E-state index in [0.29, 0.717) is 12.4 Å². The molecule has 0 spiro atoms. The van der Waals surface area contributed by atoms with Gasteiger partial charge in [0, 0.05) is 18.8 Å². The Hall–Kier alpha value is -1.87. The first-order chi connectivity index (χ1) is 8.99. The molecular formula is C16H20N2O. The molecule has 0 saturated carbocycles. The van der Waals surface area contributed by atoms with Gasteiger partial charge in [-0.15, -0.1) is 0 Å². The molecule has 2 aromatic rings. The molecule has 0 aliphatic carbocycles. The van der Waals surface area contributed by atoms with Crippen LogP contribution in [0.15, 0.2) is 42.6 Å². The van der Waals surface area contributed by atoms with Crippen LogP contribution >= 0.6 is 0 Å². The van der Waals surface area contributed by atoms with E-state index >= 15 is 0 Å². The van der Waals surface area contributed by atoms with Crippen molar-refractivity contribution in [2.45, 2.75) is 32.7 Å². The van der Waals surface area contributed by atoms with Crippen LogP contribution in [0.25, 0.3) is 0 Å². The molecule has 0 radical (unpaired) electrons. The van der Waals surface area contributed by atoms with Crippen LogP contribution in [0.4, 0.5) is 0 Å². The molecule has 0 bridgehead atoms. The van der Waals surface area contributed by atoms with Gasteiger partial charge >= 0.3 is 0 Å². The van der Waals surface area contributed by atoms with Gasteiger partial charge in [-0.2, -0.15) is 0 Å². The average Bonchev–Trinajstić information content (AvgIpc) is 2.38. The first kappa shape index (κ1) is 13.6. The first-order valence-corrected chi connectivity index (χ1v) is 6.42. The van der Waals surface area contributed by atoms with Gasteiger partial charge in [-0.25, -0.2) is 4.98 Å². The van der Waals surface area contributed by atoms with Gasteiger partial charge in [0.1, 0.15) is 5.75 Å². The Labute approximate surface area is 114 Å². The predicted octanol–water partition coefficient (Wildman–Crippen LogP) is 3.63. The Bertz CT molecular complexity index is 559. The SMILES string of the molecule is CC(C)(C)c1cccc(Oc2cc(CN)ccn2)c1. The standard InChI is InChI=1S/C16H20N2O/c1-16(2,3)13-5-4-6-14(10-13)19-15-9-12(11-17)7-8-18-15/h4-10H,11,17H2,1-3H3. The minimum Gasteiger partial charge on any atom is -0.439 e. The highest BCUT2D eigenvalue weighted by molar-refractivity contribution is 5.35. The van der Waals surface area contributed by atoms with Gasteiger partial charge in [-0.1, -0.05) is 32.9 Å². The summed E-state index contributed by atoms with van der Waals surface area (Å²) in [6.45, 7) is 7.03. The van der Waals surface area contributed by atoms with E-state index in [0.717, 1.165) is 11.3 Å². The summed E-state index contributed by atoms with van der Waals surface area (Å²) in [6.07, 6.45) is 1.71. The molecule has 3 heteroatoms. The molecule has 0 saturated heterocycles. The van der Waals surface area contributed by atoms with Crippen LogP contribution in [0.2, 0.25) is 0 Å². The molecule has 2 rings (SSSR count). The molecule has 2 N–H and O–H groups in total. The number of nitrogens with two attached hydrogens (primary N) is 1. The zero-order chi connectivity index (χ0) is 13.9. The minimum atomic E-state index is 0.103. The normalized spacial score (nSPS) is 11.4. The summed E-state index contributed by atoms with van der Waals surface area (Å²) in [7, 11) is 0. The van der Waals surface area contributed by atoms with Crippen molar-refractivity contribution in [1.29, 1.82) is 0 Å². The molecule has 0 atom stereocenters. The maximum absolute atomic E-state index is 5.79. The molecule has 0 fully saturated rings. The molecule has 0 unspecified atom stereocenters. The number of benzene rings is 1. The highest BCUT2D eigenvalue weighted by atomic mass is 16.5. The van der Waals surface area contributed by atoms with Gasteiger partial charge in [0.2, 0.25) is 5.88 Å². The smallest absolute Gasteiger partial charge is 0.219 e. The lowest BCUT2D eigenvalue weighted by molar-refractivity contribution is 0.459. The molecule has 1 heterocycles. The van der Waals surface area contributed by atoms with E-state index < -0.39 is 0 Å². The summed E-state index contributed by atoms with van der Waals surface area (Å²) in [6, 6.07) is 11.9. The Morgan fingerprint density at radius 1 is 1.16 bits per heavy atom.